The molecule has 3 aromatic rings. The molecule has 1 aromatic carbocycles. The molecule has 0 aliphatic heterocycles. The zero-order chi connectivity index (χ0) is 14.8. The number of nitrogens with two attached hydrogens (primary N) is 1. The molecule has 0 bridgehead atoms. The van der Waals surface area contributed by atoms with Crippen LogP contribution in [0.4, 0.5) is 0 Å². The lowest BCUT2D eigenvalue weighted by atomic mass is 10.1. The van der Waals surface area contributed by atoms with E-state index in [0.29, 0.717) is 13.1 Å². The van der Waals surface area contributed by atoms with Crippen molar-refractivity contribution in [3.63, 3.8) is 0 Å². The number of hydrogen-bond donors (Lipinski definition) is 1. The molecule has 0 aliphatic rings. The van der Waals surface area contributed by atoms with E-state index < -0.39 is 0 Å². The predicted octanol–water partition coefficient (Wildman–Crippen LogP) is 2.06. The van der Waals surface area contributed by atoms with Gasteiger partial charge in [0, 0.05) is 17.7 Å². The van der Waals surface area contributed by atoms with Crippen LogP contribution in [0, 0.1) is 13.8 Å². The second-order valence-corrected chi connectivity index (χ2v) is 4.92. The Bertz CT molecular complexity index is 725. The number of aromatic nitrogens is 4. The van der Waals surface area contributed by atoms with E-state index in [1.54, 1.807) is 0 Å². The van der Waals surface area contributed by atoms with Gasteiger partial charge in [0.15, 0.2) is 0 Å². The van der Waals surface area contributed by atoms with Gasteiger partial charge in [-0.05, 0) is 13.8 Å². The fourth-order valence-electron chi connectivity index (χ4n) is 2.39. The highest BCUT2D eigenvalue weighted by atomic mass is 16.5. The molecule has 0 radical (unpaired) electrons. The van der Waals surface area contributed by atoms with E-state index in [1.807, 2.05) is 48.9 Å². The summed E-state index contributed by atoms with van der Waals surface area (Å²) in [6, 6.07) is 10.0. The third-order valence-corrected chi connectivity index (χ3v) is 3.53. The van der Waals surface area contributed by atoms with Gasteiger partial charge in [-0.25, -0.2) is 4.68 Å². The van der Waals surface area contributed by atoms with Crippen molar-refractivity contribution in [1.29, 1.82) is 0 Å². The molecule has 2 N–H and O–H groups in total. The summed E-state index contributed by atoms with van der Waals surface area (Å²) >= 11 is 0. The van der Waals surface area contributed by atoms with Crippen molar-refractivity contribution in [3.8, 4) is 11.3 Å². The van der Waals surface area contributed by atoms with Gasteiger partial charge in [-0.1, -0.05) is 40.7 Å². The van der Waals surface area contributed by atoms with Crippen LogP contribution in [-0.2, 0) is 13.1 Å². The Labute approximate surface area is 122 Å². The van der Waals surface area contributed by atoms with Crippen molar-refractivity contribution in [3.05, 3.63) is 53.0 Å². The maximum Gasteiger partial charge on any atom is 0.138 e. The monoisotopic (exact) mass is 283 g/mol. The molecular formula is C15H17N5O. The molecule has 0 atom stereocenters. The van der Waals surface area contributed by atoms with Crippen LogP contribution >= 0.6 is 0 Å². The van der Waals surface area contributed by atoms with Gasteiger partial charge >= 0.3 is 0 Å². The van der Waals surface area contributed by atoms with Gasteiger partial charge in [0.1, 0.15) is 11.5 Å². The van der Waals surface area contributed by atoms with E-state index in [9.17, 15) is 0 Å². The lowest BCUT2D eigenvalue weighted by Crippen LogP contribution is -2.07. The van der Waals surface area contributed by atoms with Crippen LogP contribution in [0.3, 0.4) is 0 Å². The molecule has 0 fully saturated rings. The summed E-state index contributed by atoms with van der Waals surface area (Å²) in [7, 11) is 0. The largest absolute Gasteiger partial charge is 0.361 e. The number of benzene rings is 1. The first-order valence-electron chi connectivity index (χ1n) is 6.80. The first-order chi connectivity index (χ1) is 10.2. The van der Waals surface area contributed by atoms with Crippen molar-refractivity contribution in [2.75, 3.05) is 0 Å². The lowest BCUT2D eigenvalue weighted by molar-refractivity contribution is 0.391. The summed E-state index contributed by atoms with van der Waals surface area (Å²) in [6.45, 7) is 4.75. The Morgan fingerprint density at radius 2 is 1.95 bits per heavy atom. The standard InChI is InChI=1S/C15H17N5O/c1-10-13(11(2)21-18-10)9-20-15(14(8-16)17-19-20)12-6-4-3-5-7-12/h3-7H,8-9,16H2,1-2H3. The number of hydrogen-bond acceptors (Lipinski definition) is 5. The molecule has 0 spiro atoms. The van der Waals surface area contributed by atoms with E-state index in [4.69, 9.17) is 10.3 Å². The molecule has 2 heterocycles. The van der Waals surface area contributed by atoms with Crippen LogP contribution < -0.4 is 5.73 Å². The Balaban J connectivity index is 2.06. The highest BCUT2D eigenvalue weighted by Crippen LogP contribution is 2.24. The molecule has 0 saturated heterocycles. The van der Waals surface area contributed by atoms with Crippen molar-refractivity contribution < 1.29 is 4.52 Å². The molecule has 21 heavy (non-hydrogen) atoms. The fraction of sp³-hybridized carbons (Fsp3) is 0.267. The molecular weight excluding hydrogens is 266 g/mol. The van der Waals surface area contributed by atoms with Crippen LogP contribution in [0.2, 0.25) is 0 Å². The normalized spacial score (nSPS) is 11.0. The van der Waals surface area contributed by atoms with E-state index in [2.05, 4.69) is 15.5 Å². The first-order valence-corrected chi connectivity index (χ1v) is 6.80. The molecule has 3 rings (SSSR count). The zero-order valence-corrected chi connectivity index (χ0v) is 12.1. The highest BCUT2D eigenvalue weighted by molar-refractivity contribution is 5.61. The van der Waals surface area contributed by atoms with Crippen LogP contribution in [0.25, 0.3) is 11.3 Å². The molecule has 0 saturated carbocycles. The van der Waals surface area contributed by atoms with E-state index in [0.717, 1.165) is 34.0 Å². The Morgan fingerprint density at radius 1 is 1.19 bits per heavy atom. The number of aryl methyl sites for hydroxylation is 2. The Kier molecular flexibility index (Phi) is 3.53. The number of rotatable bonds is 4. The molecule has 2 aromatic heterocycles. The quantitative estimate of drug-likeness (QED) is 0.792. The van der Waals surface area contributed by atoms with Gasteiger partial charge in [-0.15, -0.1) is 5.10 Å². The highest BCUT2D eigenvalue weighted by Gasteiger charge is 2.17. The summed E-state index contributed by atoms with van der Waals surface area (Å²) in [5.41, 5.74) is 10.5. The third kappa shape index (κ3) is 2.45. The predicted molar refractivity (Wildman–Crippen MR) is 78.4 cm³/mol. The summed E-state index contributed by atoms with van der Waals surface area (Å²) in [6.07, 6.45) is 0. The van der Waals surface area contributed by atoms with E-state index >= 15 is 0 Å². The summed E-state index contributed by atoms with van der Waals surface area (Å²) in [5, 5.41) is 12.4. The Morgan fingerprint density at radius 3 is 2.57 bits per heavy atom. The summed E-state index contributed by atoms with van der Waals surface area (Å²) in [5.74, 6) is 0.802. The molecule has 108 valence electrons. The third-order valence-electron chi connectivity index (χ3n) is 3.53. The maximum absolute atomic E-state index is 5.79. The molecule has 0 aliphatic carbocycles. The van der Waals surface area contributed by atoms with Crippen LogP contribution in [-0.4, -0.2) is 20.2 Å². The van der Waals surface area contributed by atoms with E-state index in [1.165, 1.54) is 0 Å². The van der Waals surface area contributed by atoms with Crippen molar-refractivity contribution in [1.82, 2.24) is 20.2 Å². The van der Waals surface area contributed by atoms with Gasteiger partial charge in [0.05, 0.1) is 17.9 Å². The summed E-state index contributed by atoms with van der Waals surface area (Å²) < 4.78 is 7.06. The van der Waals surface area contributed by atoms with Crippen molar-refractivity contribution >= 4 is 0 Å². The zero-order valence-electron chi connectivity index (χ0n) is 12.1. The topological polar surface area (TPSA) is 82.8 Å². The average Bonchev–Trinajstić information content (AvgIpc) is 3.06. The van der Waals surface area contributed by atoms with E-state index in [-0.39, 0.29) is 0 Å². The SMILES string of the molecule is Cc1noc(C)c1Cn1nnc(CN)c1-c1ccccc1. The smallest absolute Gasteiger partial charge is 0.138 e. The number of nitrogens with zero attached hydrogens (tertiary/aromatic N) is 4. The van der Waals surface area contributed by atoms with Gasteiger partial charge in [0.2, 0.25) is 0 Å². The van der Waals surface area contributed by atoms with Crippen molar-refractivity contribution in [2.24, 2.45) is 5.73 Å². The second kappa shape index (κ2) is 5.49. The molecule has 0 amide bonds. The van der Waals surface area contributed by atoms with Gasteiger partial charge in [0.25, 0.3) is 0 Å². The minimum absolute atomic E-state index is 0.353. The minimum atomic E-state index is 0.353. The molecule has 0 unspecified atom stereocenters. The second-order valence-electron chi connectivity index (χ2n) is 4.92. The molecule has 6 nitrogen and oxygen atoms in total. The van der Waals surface area contributed by atoms with Gasteiger partial charge < -0.3 is 10.3 Å². The molecule has 6 heteroatoms. The summed E-state index contributed by atoms with van der Waals surface area (Å²) in [4.78, 5) is 0. The van der Waals surface area contributed by atoms with Crippen LogP contribution in [0.5, 0.6) is 0 Å². The maximum atomic E-state index is 5.79. The van der Waals surface area contributed by atoms with Crippen LogP contribution in [0.15, 0.2) is 34.9 Å². The average molecular weight is 283 g/mol. The Hall–Kier alpha value is -2.47. The van der Waals surface area contributed by atoms with Crippen LogP contribution in [0.1, 0.15) is 22.7 Å². The van der Waals surface area contributed by atoms with Gasteiger partial charge in [-0.2, -0.15) is 0 Å². The van der Waals surface area contributed by atoms with Gasteiger partial charge in [-0.3, -0.25) is 0 Å². The minimum Gasteiger partial charge on any atom is -0.361 e. The fourth-order valence-corrected chi connectivity index (χ4v) is 2.39. The first kappa shape index (κ1) is 13.5. The lowest BCUT2D eigenvalue weighted by Gasteiger charge is -2.07. The van der Waals surface area contributed by atoms with Crippen molar-refractivity contribution in [2.45, 2.75) is 26.9 Å².